The van der Waals surface area contributed by atoms with Gasteiger partial charge in [0.2, 0.25) is 0 Å². The second-order valence-corrected chi connectivity index (χ2v) is 11.7. The Morgan fingerprint density at radius 1 is 0.972 bits per heavy atom. The first kappa shape index (κ1) is 27.7. The van der Waals surface area contributed by atoms with Gasteiger partial charge in [-0.25, -0.2) is 15.0 Å². The van der Waals surface area contributed by atoms with E-state index >= 15 is 0 Å². The van der Waals surface area contributed by atoms with E-state index in [1.54, 1.807) is 26.8 Å². The molecule has 2 aliphatic rings. The highest BCUT2D eigenvalue weighted by molar-refractivity contribution is 6.37. The molecule has 1 saturated carbocycles. The van der Waals surface area contributed by atoms with Crippen LogP contribution >= 0.6 is 11.6 Å². The van der Waals surface area contributed by atoms with E-state index in [-0.39, 0.29) is 12.0 Å². The van der Waals surface area contributed by atoms with Crippen molar-refractivity contribution >= 4 is 41.1 Å². The summed E-state index contributed by atoms with van der Waals surface area (Å²) in [5.41, 5.74) is 5.13. The molecule has 1 heterocycles. The zero-order valence-electron chi connectivity index (χ0n) is 21.9. The number of halogens is 1. The fourth-order valence-electron chi connectivity index (χ4n) is 3.81. The number of hydrogen-bond acceptors (Lipinski definition) is 7. The number of rotatable bonds is 6. The molecular weight excluding hydrogens is 486 g/mol. The molecule has 4 N–H and O–H groups in total. The topological polar surface area (TPSA) is 121 Å². The Morgan fingerprint density at radius 2 is 1.61 bits per heavy atom. The lowest BCUT2D eigenvalue weighted by Gasteiger charge is -2.24. The van der Waals surface area contributed by atoms with E-state index in [4.69, 9.17) is 21.1 Å². The van der Waals surface area contributed by atoms with E-state index in [0.29, 0.717) is 29.4 Å². The van der Waals surface area contributed by atoms with Crippen LogP contribution < -0.4 is 26.4 Å². The smallest absolute Gasteiger partial charge is 0.426 e. The quantitative estimate of drug-likeness (QED) is 0.407. The molecule has 1 aliphatic carbocycles. The Balaban J connectivity index is 1.66. The van der Waals surface area contributed by atoms with Crippen LogP contribution in [0.1, 0.15) is 71.2 Å². The Hall–Kier alpha value is -2.88. The van der Waals surface area contributed by atoms with Gasteiger partial charge in [0.15, 0.2) is 0 Å². The van der Waals surface area contributed by atoms with Crippen molar-refractivity contribution in [2.45, 2.75) is 78.0 Å². The number of alkyl carbamates (subject to hydrolysis) is 1. The summed E-state index contributed by atoms with van der Waals surface area (Å²) in [4.78, 5) is 38.9. The maximum atomic E-state index is 12.9. The number of amides is 3. The minimum absolute atomic E-state index is 0.245. The van der Waals surface area contributed by atoms with E-state index in [2.05, 4.69) is 26.4 Å². The first-order chi connectivity index (χ1) is 16.7. The summed E-state index contributed by atoms with van der Waals surface area (Å²) in [6.45, 7) is 12.7. The van der Waals surface area contributed by atoms with Gasteiger partial charge in [0.05, 0.1) is 22.0 Å². The van der Waals surface area contributed by atoms with Gasteiger partial charge in [-0.3, -0.25) is 10.2 Å². The Morgan fingerprint density at radius 3 is 2.22 bits per heavy atom. The van der Waals surface area contributed by atoms with Crippen LogP contribution in [0.5, 0.6) is 0 Å². The summed E-state index contributed by atoms with van der Waals surface area (Å²) in [6.07, 6.45) is 1.71. The van der Waals surface area contributed by atoms with Crippen molar-refractivity contribution in [3.05, 3.63) is 22.7 Å². The summed E-state index contributed by atoms with van der Waals surface area (Å²) in [7, 11) is 0. The second kappa shape index (κ2) is 11.0. The van der Waals surface area contributed by atoms with Crippen molar-refractivity contribution in [2.75, 3.05) is 29.9 Å². The summed E-state index contributed by atoms with van der Waals surface area (Å²) in [6, 6.07) is 3.77. The molecule has 200 valence electrons. The van der Waals surface area contributed by atoms with E-state index in [1.807, 2.05) is 26.8 Å². The van der Waals surface area contributed by atoms with E-state index in [0.717, 1.165) is 31.5 Å². The molecule has 10 nitrogen and oxygen atoms in total. The number of ether oxygens (including phenoxy) is 2. The predicted molar refractivity (Wildman–Crippen MR) is 139 cm³/mol. The third-order valence-electron chi connectivity index (χ3n) is 5.53. The fourth-order valence-corrected chi connectivity index (χ4v) is 4.15. The van der Waals surface area contributed by atoms with Crippen molar-refractivity contribution < 1.29 is 23.9 Å². The number of carbonyl (C=O) groups excluding carboxylic acids is 3. The van der Waals surface area contributed by atoms with Gasteiger partial charge in [0.1, 0.15) is 11.2 Å². The molecule has 11 heteroatoms. The standard InChI is InChI=1S/C25H38ClN5O5/c1-24(2,3)35-22(33)27-13-15-11-12-31(14-15)18-10-9-17(20(19(18)26)28-16-7-8-16)21(32)29-30-23(34)36-25(4,5)6/h9-10,15-16,28H,7-8,11-14H2,1-6H3,(H,27,33)(H,29,32)(H,30,34). The molecule has 36 heavy (non-hydrogen) atoms. The van der Waals surface area contributed by atoms with Gasteiger partial charge >= 0.3 is 12.2 Å². The van der Waals surface area contributed by atoms with Crippen LogP contribution in [0.2, 0.25) is 5.02 Å². The highest BCUT2D eigenvalue weighted by atomic mass is 35.5. The summed E-state index contributed by atoms with van der Waals surface area (Å²) < 4.78 is 10.5. The number of benzene rings is 1. The normalized spacial score (nSPS) is 17.9. The van der Waals surface area contributed by atoms with Gasteiger partial charge in [-0.1, -0.05) is 11.6 Å². The second-order valence-electron chi connectivity index (χ2n) is 11.3. The molecule has 1 aromatic carbocycles. The molecule has 3 rings (SSSR count). The van der Waals surface area contributed by atoms with Gasteiger partial charge in [-0.2, -0.15) is 0 Å². The lowest BCUT2D eigenvalue weighted by molar-refractivity contribution is 0.0481. The zero-order valence-corrected chi connectivity index (χ0v) is 22.7. The Bertz CT molecular complexity index is 984. The van der Waals surface area contributed by atoms with Crippen molar-refractivity contribution in [2.24, 2.45) is 5.92 Å². The highest BCUT2D eigenvalue weighted by Crippen LogP contribution is 2.40. The minimum Gasteiger partial charge on any atom is -0.444 e. The van der Waals surface area contributed by atoms with Crippen molar-refractivity contribution in [3.8, 4) is 0 Å². The molecule has 3 amide bonds. The minimum atomic E-state index is -0.752. The largest absolute Gasteiger partial charge is 0.444 e. The molecule has 1 aliphatic heterocycles. The lowest BCUT2D eigenvalue weighted by atomic mass is 10.1. The van der Waals surface area contributed by atoms with E-state index in [1.165, 1.54) is 0 Å². The number of hydrogen-bond donors (Lipinski definition) is 4. The molecule has 1 atom stereocenters. The highest BCUT2D eigenvalue weighted by Gasteiger charge is 2.30. The zero-order chi connectivity index (χ0) is 26.7. The van der Waals surface area contributed by atoms with Crippen LogP contribution in [0.3, 0.4) is 0 Å². The molecule has 1 saturated heterocycles. The number of anilines is 2. The Labute approximate surface area is 217 Å². The van der Waals surface area contributed by atoms with E-state index in [9.17, 15) is 14.4 Å². The molecule has 0 aromatic heterocycles. The molecule has 0 radical (unpaired) electrons. The van der Waals surface area contributed by atoms with Crippen LogP contribution in [0.25, 0.3) is 0 Å². The van der Waals surface area contributed by atoms with Gasteiger partial charge in [-0.15, -0.1) is 0 Å². The SMILES string of the molecule is CC(C)(C)OC(=O)NCC1CCN(c2ccc(C(=O)NNC(=O)OC(C)(C)C)c(NC3CC3)c2Cl)C1. The number of carbonyl (C=O) groups is 3. The average molecular weight is 524 g/mol. The van der Waals surface area contributed by atoms with Gasteiger partial charge in [-0.05, 0) is 78.9 Å². The van der Waals surface area contributed by atoms with Crippen LogP contribution in [0.15, 0.2) is 12.1 Å². The van der Waals surface area contributed by atoms with Gasteiger partial charge < -0.3 is 25.0 Å². The average Bonchev–Trinajstić information content (AvgIpc) is 3.44. The Kier molecular flexibility index (Phi) is 8.48. The van der Waals surface area contributed by atoms with Crippen molar-refractivity contribution in [3.63, 3.8) is 0 Å². The molecule has 2 fully saturated rings. The molecular formula is C25H38ClN5O5. The molecule has 1 unspecified atom stereocenters. The third kappa shape index (κ3) is 8.36. The molecule has 1 aromatic rings. The maximum absolute atomic E-state index is 12.9. The van der Waals surface area contributed by atoms with Crippen LogP contribution in [0.4, 0.5) is 21.0 Å². The van der Waals surface area contributed by atoms with Crippen molar-refractivity contribution in [1.82, 2.24) is 16.2 Å². The summed E-state index contributed by atoms with van der Waals surface area (Å²) in [5, 5.41) is 6.65. The summed E-state index contributed by atoms with van der Waals surface area (Å²) in [5.74, 6) is -0.257. The first-order valence-electron chi connectivity index (χ1n) is 12.3. The fraction of sp³-hybridized carbons (Fsp3) is 0.640. The van der Waals surface area contributed by atoms with E-state index < -0.39 is 29.3 Å². The molecule has 0 bridgehead atoms. The van der Waals surface area contributed by atoms with Crippen molar-refractivity contribution in [1.29, 1.82) is 0 Å². The lowest BCUT2D eigenvalue weighted by Crippen LogP contribution is -2.44. The number of nitrogens with one attached hydrogen (secondary N) is 4. The number of hydrazine groups is 1. The third-order valence-corrected chi connectivity index (χ3v) is 5.91. The van der Waals surface area contributed by atoms with Gasteiger partial charge in [0, 0.05) is 25.7 Å². The van der Waals surface area contributed by atoms with Crippen LogP contribution in [-0.2, 0) is 9.47 Å². The van der Waals surface area contributed by atoms with Crippen LogP contribution in [-0.4, -0.2) is 55.0 Å². The van der Waals surface area contributed by atoms with Crippen LogP contribution in [0, 0.1) is 5.92 Å². The first-order valence-corrected chi connectivity index (χ1v) is 12.7. The summed E-state index contributed by atoms with van der Waals surface area (Å²) >= 11 is 6.82. The van der Waals surface area contributed by atoms with Gasteiger partial charge in [0.25, 0.3) is 5.91 Å². The number of nitrogens with zero attached hydrogens (tertiary/aromatic N) is 1. The molecule has 0 spiro atoms. The predicted octanol–water partition coefficient (Wildman–Crippen LogP) is 4.43. The maximum Gasteiger partial charge on any atom is 0.426 e. The monoisotopic (exact) mass is 523 g/mol.